The minimum absolute atomic E-state index is 0.309. The van der Waals surface area contributed by atoms with E-state index in [4.69, 9.17) is 11.6 Å². The van der Waals surface area contributed by atoms with Crippen LogP contribution in [0.1, 0.15) is 10.7 Å². The van der Waals surface area contributed by atoms with Crippen LogP contribution in [0.5, 0.6) is 0 Å². The number of nitrogens with zero attached hydrogens (tertiary/aromatic N) is 2. The van der Waals surface area contributed by atoms with Gasteiger partial charge in [-0.05, 0) is 19.2 Å². The van der Waals surface area contributed by atoms with E-state index >= 15 is 0 Å². The molecule has 0 aromatic carbocycles. The van der Waals surface area contributed by atoms with Gasteiger partial charge in [-0.1, -0.05) is 11.6 Å². The molecule has 0 aliphatic heterocycles. The fourth-order valence-corrected chi connectivity index (χ4v) is 2.90. The van der Waals surface area contributed by atoms with Gasteiger partial charge in [0.25, 0.3) is 0 Å². The normalized spacial score (nSPS) is 10.4. The molecule has 0 bridgehead atoms. The molecule has 2 heterocycles. The molecule has 0 radical (unpaired) electrons. The number of thiophene rings is 1. The van der Waals surface area contributed by atoms with Crippen molar-refractivity contribution in [2.75, 3.05) is 12.4 Å². The summed E-state index contributed by atoms with van der Waals surface area (Å²) in [6.45, 7) is 1.01. The van der Waals surface area contributed by atoms with Crippen LogP contribution < -0.4 is 16.0 Å². The number of anilines is 1. The van der Waals surface area contributed by atoms with Gasteiger partial charge in [-0.3, -0.25) is 5.32 Å². The SMILES string of the molecule is CNCc1nsc(NC(=O)NCc2ccc(Cl)s2)n1. The van der Waals surface area contributed by atoms with Crippen molar-refractivity contribution >= 4 is 45.6 Å². The minimum Gasteiger partial charge on any atom is -0.333 e. The summed E-state index contributed by atoms with van der Waals surface area (Å²) in [5.74, 6) is 0.660. The van der Waals surface area contributed by atoms with Gasteiger partial charge in [-0.15, -0.1) is 11.3 Å². The van der Waals surface area contributed by atoms with Gasteiger partial charge in [0.05, 0.1) is 17.4 Å². The number of rotatable bonds is 5. The third-order valence-corrected chi connectivity index (χ3v) is 3.97. The Hall–Kier alpha value is -1.22. The van der Waals surface area contributed by atoms with Crippen LogP contribution >= 0.6 is 34.5 Å². The summed E-state index contributed by atoms with van der Waals surface area (Å²) in [6, 6.07) is 3.37. The predicted molar refractivity (Wildman–Crippen MR) is 77.9 cm³/mol. The second kappa shape index (κ2) is 6.80. The van der Waals surface area contributed by atoms with Gasteiger partial charge in [0.15, 0.2) is 5.82 Å². The third-order valence-electron chi connectivity index (χ3n) is 2.08. The summed E-state index contributed by atoms with van der Waals surface area (Å²) in [5.41, 5.74) is 0. The Kier molecular flexibility index (Phi) is 5.08. The Morgan fingerprint density at radius 3 is 2.95 bits per heavy atom. The number of hydrogen-bond donors (Lipinski definition) is 3. The summed E-state index contributed by atoms with van der Waals surface area (Å²) < 4.78 is 4.80. The average Bonchev–Trinajstić information content (AvgIpc) is 2.97. The Bertz CT molecular complexity index is 556. The van der Waals surface area contributed by atoms with Crippen LogP contribution in [-0.2, 0) is 13.1 Å². The minimum atomic E-state index is -0.309. The Morgan fingerprint density at radius 1 is 1.42 bits per heavy atom. The first-order valence-corrected chi connectivity index (χ1v) is 7.40. The molecule has 0 aliphatic rings. The lowest BCUT2D eigenvalue weighted by atomic mass is 10.5. The summed E-state index contributed by atoms with van der Waals surface area (Å²) in [4.78, 5) is 16.8. The maximum absolute atomic E-state index is 11.6. The largest absolute Gasteiger partial charge is 0.333 e. The molecule has 0 saturated carbocycles. The highest BCUT2D eigenvalue weighted by Gasteiger charge is 2.07. The number of hydrogen-bond acceptors (Lipinski definition) is 6. The van der Waals surface area contributed by atoms with Crippen molar-refractivity contribution in [2.24, 2.45) is 0 Å². The summed E-state index contributed by atoms with van der Waals surface area (Å²) in [5, 5.41) is 8.78. The average molecular weight is 318 g/mol. The lowest BCUT2D eigenvalue weighted by molar-refractivity contribution is 0.252. The van der Waals surface area contributed by atoms with Crippen LogP contribution in [0.3, 0.4) is 0 Å². The molecule has 19 heavy (non-hydrogen) atoms. The molecule has 2 rings (SSSR count). The maximum Gasteiger partial charge on any atom is 0.321 e. The number of urea groups is 1. The van der Waals surface area contributed by atoms with Crippen molar-refractivity contribution in [3.05, 3.63) is 27.2 Å². The molecular weight excluding hydrogens is 306 g/mol. The van der Waals surface area contributed by atoms with Gasteiger partial charge < -0.3 is 10.6 Å². The Morgan fingerprint density at radius 2 is 2.26 bits per heavy atom. The van der Waals surface area contributed by atoms with Crippen molar-refractivity contribution < 1.29 is 4.79 Å². The van der Waals surface area contributed by atoms with E-state index < -0.39 is 0 Å². The van der Waals surface area contributed by atoms with Crippen LogP contribution in [0.2, 0.25) is 4.34 Å². The molecule has 2 amide bonds. The molecule has 2 aromatic rings. The highest BCUT2D eigenvalue weighted by molar-refractivity contribution is 7.16. The molecule has 6 nitrogen and oxygen atoms in total. The van der Waals surface area contributed by atoms with E-state index in [2.05, 4.69) is 25.3 Å². The van der Waals surface area contributed by atoms with Crippen molar-refractivity contribution in [2.45, 2.75) is 13.1 Å². The first-order chi connectivity index (χ1) is 9.17. The number of carbonyl (C=O) groups is 1. The van der Waals surface area contributed by atoms with E-state index in [1.54, 1.807) is 6.07 Å². The number of halogens is 1. The fraction of sp³-hybridized carbons (Fsp3) is 0.300. The number of aromatic nitrogens is 2. The second-order valence-corrected chi connectivity index (χ2v) is 6.11. The van der Waals surface area contributed by atoms with Crippen LogP contribution in [-0.4, -0.2) is 22.4 Å². The van der Waals surface area contributed by atoms with Crippen molar-refractivity contribution in [1.29, 1.82) is 0 Å². The highest BCUT2D eigenvalue weighted by atomic mass is 35.5. The monoisotopic (exact) mass is 317 g/mol. The number of nitrogens with one attached hydrogen (secondary N) is 3. The molecule has 2 aromatic heterocycles. The summed E-state index contributed by atoms with van der Waals surface area (Å²) in [6.07, 6.45) is 0. The van der Waals surface area contributed by atoms with Crippen LogP contribution in [0, 0.1) is 0 Å². The van der Waals surface area contributed by atoms with E-state index in [1.165, 1.54) is 11.3 Å². The molecule has 3 N–H and O–H groups in total. The smallest absolute Gasteiger partial charge is 0.321 e. The van der Waals surface area contributed by atoms with E-state index in [9.17, 15) is 4.79 Å². The molecule has 0 fully saturated rings. The molecule has 9 heteroatoms. The van der Waals surface area contributed by atoms with E-state index in [0.29, 0.717) is 28.4 Å². The lowest BCUT2D eigenvalue weighted by Crippen LogP contribution is -2.27. The van der Waals surface area contributed by atoms with Crippen LogP contribution in [0.25, 0.3) is 0 Å². The highest BCUT2D eigenvalue weighted by Crippen LogP contribution is 2.21. The molecule has 102 valence electrons. The van der Waals surface area contributed by atoms with E-state index in [0.717, 1.165) is 16.4 Å². The molecule has 0 aliphatic carbocycles. The fourth-order valence-electron chi connectivity index (χ4n) is 1.29. The lowest BCUT2D eigenvalue weighted by Gasteiger charge is -2.02. The maximum atomic E-state index is 11.6. The van der Waals surface area contributed by atoms with Crippen molar-refractivity contribution in [3.8, 4) is 0 Å². The zero-order valence-electron chi connectivity index (χ0n) is 10.1. The van der Waals surface area contributed by atoms with Gasteiger partial charge in [0, 0.05) is 16.4 Å². The molecule has 0 saturated heterocycles. The number of amides is 2. The third kappa shape index (κ3) is 4.43. The zero-order valence-corrected chi connectivity index (χ0v) is 12.5. The Balaban J connectivity index is 1.80. The molecule has 0 atom stereocenters. The van der Waals surface area contributed by atoms with Gasteiger partial charge in [-0.25, -0.2) is 9.78 Å². The molecule has 0 spiro atoms. The first-order valence-electron chi connectivity index (χ1n) is 5.43. The van der Waals surface area contributed by atoms with E-state index in [1.807, 2.05) is 13.1 Å². The van der Waals surface area contributed by atoms with Crippen LogP contribution in [0.15, 0.2) is 12.1 Å². The van der Waals surface area contributed by atoms with Crippen molar-refractivity contribution in [1.82, 2.24) is 20.0 Å². The second-order valence-electron chi connectivity index (χ2n) is 3.56. The van der Waals surface area contributed by atoms with Crippen molar-refractivity contribution in [3.63, 3.8) is 0 Å². The molecule has 0 unspecified atom stereocenters. The van der Waals surface area contributed by atoms with Gasteiger partial charge in [-0.2, -0.15) is 4.37 Å². The summed E-state index contributed by atoms with van der Waals surface area (Å²) >= 11 is 8.39. The topological polar surface area (TPSA) is 78.9 Å². The molecular formula is C10H12ClN5OS2. The quantitative estimate of drug-likeness (QED) is 0.790. The van der Waals surface area contributed by atoms with Gasteiger partial charge in [0.2, 0.25) is 5.13 Å². The predicted octanol–water partition coefficient (Wildman–Crippen LogP) is 2.29. The summed E-state index contributed by atoms with van der Waals surface area (Å²) in [7, 11) is 1.81. The van der Waals surface area contributed by atoms with Gasteiger partial charge >= 0.3 is 6.03 Å². The van der Waals surface area contributed by atoms with Gasteiger partial charge in [0.1, 0.15) is 0 Å². The zero-order chi connectivity index (χ0) is 13.7. The Labute approximate surface area is 123 Å². The van der Waals surface area contributed by atoms with Crippen LogP contribution in [0.4, 0.5) is 9.93 Å². The number of carbonyl (C=O) groups excluding carboxylic acids is 1. The first kappa shape index (κ1) is 14.2. The van der Waals surface area contributed by atoms with E-state index in [-0.39, 0.29) is 6.03 Å². The standard InChI is InChI=1S/C10H12ClN5OS2/c1-12-5-8-14-10(19-16-8)15-9(17)13-4-6-2-3-7(11)18-6/h2-3,12H,4-5H2,1H3,(H2,13,14,15,16,17).